The first-order chi connectivity index (χ1) is 15.7. The number of methoxy groups -OCH3 is 1. The summed E-state index contributed by atoms with van der Waals surface area (Å²) in [6, 6.07) is 5.00. The Labute approximate surface area is 199 Å². The minimum Gasteiger partial charge on any atom is -0.469 e. The van der Waals surface area contributed by atoms with E-state index in [1.54, 1.807) is 36.9 Å². The van der Waals surface area contributed by atoms with Crippen molar-refractivity contribution in [1.29, 1.82) is 0 Å². The number of hydrogen-bond donors (Lipinski definition) is 1. The number of imidazole rings is 1. The number of carbonyl (C=O) groups is 1. The fourth-order valence-corrected chi connectivity index (χ4v) is 4.74. The van der Waals surface area contributed by atoms with Gasteiger partial charge in [0.25, 0.3) is 5.56 Å². The molecule has 1 fully saturated rings. The molecule has 1 N–H and O–H groups in total. The van der Waals surface area contributed by atoms with Crippen LogP contribution in [0.3, 0.4) is 0 Å². The van der Waals surface area contributed by atoms with Crippen LogP contribution in [0, 0.1) is 5.92 Å². The fraction of sp³-hybridized carbons (Fsp3) is 0.455. The van der Waals surface area contributed by atoms with E-state index in [4.69, 9.17) is 27.9 Å². The summed E-state index contributed by atoms with van der Waals surface area (Å²) in [5.41, 5.74) is 0.352. The Morgan fingerprint density at radius 2 is 1.94 bits per heavy atom. The van der Waals surface area contributed by atoms with E-state index < -0.39 is 11.2 Å². The average Bonchev–Trinajstić information content (AvgIpc) is 3.13. The van der Waals surface area contributed by atoms with Gasteiger partial charge in [-0.05, 0) is 37.0 Å². The van der Waals surface area contributed by atoms with Gasteiger partial charge in [-0.2, -0.15) is 4.98 Å². The van der Waals surface area contributed by atoms with Gasteiger partial charge in [-0.1, -0.05) is 35.7 Å². The van der Waals surface area contributed by atoms with Crippen LogP contribution in [0.2, 0.25) is 10.0 Å². The number of aryl methyl sites for hydroxylation is 2. The van der Waals surface area contributed by atoms with Crippen LogP contribution in [0.4, 0.5) is 5.95 Å². The lowest BCUT2D eigenvalue weighted by molar-refractivity contribution is -0.146. The third kappa shape index (κ3) is 4.39. The number of benzene rings is 1. The Hall–Kier alpha value is -2.78. The summed E-state index contributed by atoms with van der Waals surface area (Å²) in [4.78, 5) is 42.8. The van der Waals surface area contributed by atoms with E-state index in [1.165, 1.54) is 11.7 Å². The maximum atomic E-state index is 13.3. The molecule has 2 atom stereocenters. The molecule has 3 aromatic rings. The van der Waals surface area contributed by atoms with Crippen molar-refractivity contribution in [3.63, 3.8) is 0 Å². The van der Waals surface area contributed by atoms with Gasteiger partial charge in [0.15, 0.2) is 11.2 Å². The largest absolute Gasteiger partial charge is 0.469 e. The summed E-state index contributed by atoms with van der Waals surface area (Å²) in [7, 11) is 4.71. The van der Waals surface area contributed by atoms with Crippen LogP contribution in [-0.2, 0) is 30.2 Å². The first-order valence-corrected chi connectivity index (χ1v) is 11.4. The molecule has 176 valence electrons. The summed E-state index contributed by atoms with van der Waals surface area (Å²) in [6.07, 6.45) is 3.17. The predicted molar refractivity (Wildman–Crippen MR) is 127 cm³/mol. The molecular weight excluding hydrogens is 469 g/mol. The minimum absolute atomic E-state index is 0.00817. The minimum atomic E-state index is -0.480. The fourth-order valence-electron chi connectivity index (χ4n) is 4.42. The van der Waals surface area contributed by atoms with Crippen LogP contribution in [0.1, 0.15) is 31.2 Å². The van der Waals surface area contributed by atoms with E-state index >= 15 is 0 Å². The van der Waals surface area contributed by atoms with Crippen molar-refractivity contribution in [3.05, 3.63) is 54.6 Å². The van der Waals surface area contributed by atoms with Crippen LogP contribution in [0.15, 0.2) is 27.8 Å². The quantitative estimate of drug-likeness (QED) is 0.548. The maximum absolute atomic E-state index is 13.3. The number of anilines is 1. The van der Waals surface area contributed by atoms with E-state index in [1.807, 2.05) is 0 Å². The van der Waals surface area contributed by atoms with Crippen LogP contribution in [0.25, 0.3) is 11.2 Å². The molecule has 0 radical (unpaired) electrons. The SMILES string of the molecule is COC(=O)[C@H]1CCC[C@H](Nc2nc3c(c(=O)n(Cc4ccc(Cl)c(Cl)c4)c(=O)n3C)n2C)C1. The van der Waals surface area contributed by atoms with Crippen LogP contribution in [0.5, 0.6) is 0 Å². The molecular formula is C22H25Cl2N5O4. The number of fused-ring (bicyclic) bond motifs is 1. The summed E-state index contributed by atoms with van der Waals surface area (Å²) >= 11 is 12.1. The van der Waals surface area contributed by atoms with Gasteiger partial charge in [-0.25, -0.2) is 4.79 Å². The molecule has 11 heteroatoms. The number of nitrogens with one attached hydrogen (secondary N) is 1. The van der Waals surface area contributed by atoms with Gasteiger partial charge in [-0.3, -0.25) is 18.7 Å². The molecule has 1 aliphatic rings. The lowest BCUT2D eigenvalue weighted by Gasteiger charge is -2.28. The molecule has 0 saturated heterocycles. The molecule has 1 saturated carbocycles. The number of esters is 1. The Bertz CT molecular complexity index is 1340. The second-order valence-electron chi connectivity index (χ2n) is 8.38. The maximum Gasteiger partial charge on any atom is 0.332 e. The first-order valence-electron chi connectivity index (χ1n) is 10.7. The Morgan fingerprint density at radius 3 is 2.64 bits per heavy atom. The first kappa shape index (κ1) is 23.4. The van der Waals surface area contributed by atoms with Crippen molar-refractivity contribution in [2.24, 2.45) is 20.0 Å². The third-order valence-electron chi connectivity index (χ3n) is 6.23. The van der Waals surface area contributed by atoms with Crippen molar-refractivity contribution in [3.8, 4) is 0 Å². The molecule has 0 aliphatic heterocycles. The molecule has 0 unspecified atom stereocenters. The van der Waals surface area contributed by atoms with Gasteiger partial charge in [0.05, 0.1) is 29.6 Å². The molecule has 1 aliphatic carbocycles. The topological polar surface area (TPSA) is 100 Å². The van der Waals surface area contributed by atoms with Crippen molar-refractivity contribution in [2.45, 2.75) is 38.3 Å². The Morgan fingerprint density at radius 1 is 1.18 bits per heavy atom. The van der Waals surface area contributed by atoms with Crippen molar-refractivity contribution >= 4 is 46.3 Å². The number of aromatic nitrogens is 4. The van der Waals surface area contributed by atoms with Gasteiger partial charge in [0.1, 0.15) is 0 Å². The molecule has 2 aromatic heterocycles. The standard InChI is InChI=1S/C22H25Cl2N5O4/c1-27-17-18(26-21(27)25-14-6-4-5-13(10-14)20(31)33-3)28(2)22(32)29(19(17)30)11-12-7-8-15(23)16(24)9-12/h7-9,13-14H,4-6,10-11H2,1-3H3,(H,25,26)/t13-,14-/m0/s1. The average molecular weight is 494 g/mol. The van der Waals surface area contributed by atoms with Gasteiger partial charge in [0.2, 0.25) is 5.95 Å². The van der Waals surface area contributed by atoms with E-state index in [0.29, 0.717) is 39.1 Å². The van der Waals surface area contributed by atoms with Gasteiger partial charge in [0, 0.05) is 20.1 Å². The number of nitrogens with zero attached hydrogens (tertiary/aromatic N) is 4. The van der Waals surface area contributed by atoms with Crippen molar-refractivity contribution < 1.29 is 9.53 Å². The molecule has 4 rings (SSSR count). The lowest BCUT2D eigenvalue weighted by Crippen LogP contribution is -2.39. The summed E-state index contributed by atoms with van der Waals surface area (Å²) in [5, 5.41) is 4.10. The third-order valence-corrected chi connectivity index (χ3v) is 6.97. The molecule has 0 amide bonds. The number of ether oxygens (including phenoxy) is 1. The molecule has 0 bridgehead atoms. The van der Waals surface area contributed by atoms with E-state index in [2.05, 4.69) is 10.3 Å². The van der Waals surface area contributed by atoms with Crippen molar-refractivity contribution in [1.82, 2.24) is 18.7 Å². The zero-order valence-electron chi connectivity index (χ0n) is 18.6. The monoisotopic (exact) mass is 493 g/mol. The highest BCUT2D eigenvalue weighted by Gasteiger charge is 2.29. The zero-order valence-corrected chi connectivity index (χ0v) is 20.1. The number of halogens is 2. The Kier molecular flexibility index (Phi) is 6.54. The van der Waals surface area contributed by atoms with E-state index in [0.717, 1.165) is 23.8 Å². The van der Waals surface area contributed by atoms with Gasteiger partial charge in [-0.15, -0.1) is 0 Å². The molecule has 33 heavy (non-hydrogen) atoms. The van der Waals surface area contributed by atoms with Gasteiger partial charge < -0.3 is 14.6 Å². The Balaban J connectivity index is 1.70. The summed E-state index contributed by atoms with van der Waals surface area (Å²) in [5.74, 6) is 0.0997. The highest BCUT2D eigenvalue weighted by atomic mass is 35.5. The predicted octanol–water partition coefficient (Wildman–Crippen LogP) is 2.93. The number of carbonyl (C=O) groups excluding carboxylic acids is 1. The van der Waals surface area contributed by atoms with Crippen LogP contribution < -0.4 is 16.6 Å². The van der Waals surface area contributed by atoms with Crippen LogP contribution in [-0.4, -0.2) is 37.8 Å². The second-order valence-corrected chi connectivity index (χ2v) is 9.19. The van der Waals surface area contributed by atoms with Crippen LogP contribution >= 0.6 is 23.2 Å². The highest BCUT2D eigenvalue weighted by Crippen LogP contribution is 2.28. The summed E-state index contributed by atoms with van der Waals surface area (Å²) in [6.45, 7) is 0.0513. The second kappa shape index (κ2) is 9.23. The molecule has 1 aromatic carbocycles. The molecule has 9 nitrogen and oxygen atoms in total. The highest BCUT2D eigenvalue weighted by molar-refractivity contribution is 6.42. The number of rotatable bonds is 5. The van der Waals surface area contributed by atoms with E-state index in [-0.39, 0.29) is 24.5 Å². The van der Waals surface area contributed by atoms with E-state index in [9.17, 15) is 14.4 Å². The number of hydrogen-bond acceptors (Lipinski definition) is 6. The lowest BCUT2D eigenvalue weighted by atomic mass is 9.86. The van der Waals surface area contributed by atoms with Crippen molar-refractivity contribution in [2.75, 3.05) is 12.4 Å². The normalized spacial score (nSPS) is 18.5. The smallest absolute Gasteiger partial charge is 0.332 e. The molecule has 0 spiro atoms. The van der Waals surface area contributed by atoms with Gasteiger partial charge >= 0.3 is 11.7 Å². The zero-order chi connectivity index (χ0) is 23.9. The molecule has 2 heterocycles. The summed E-state index contributed by atoms with van der Waals surface area (Å²) < 4.78 is 9.06.